The number of carbonyl (C=O) groups is 1. The molecule has 0 aliphatic heterocycles. The predicted molar refractivity (Wildman–Crippen MR) is 87.6 cm³/mol. The number of nitrogens with zero attached hydrogens (tertiary/aromatic N) is 2. The molecule has 0 fully saturated rings. The fraction of sp³-hybridized carbons (Fsp3) is 0.312. The van der Waals surface area contributed by atoms with Gasteiger partial charge in [0, 0.05) is 25.5 Å². The first-order valence-corrected chi connectivity index (χ1v) is 8.12. The van der Waals surface area contributed by atoms with Gasteiger partial charge in [0.15, 0.2) is 11.5 Å². The van der Waals surface area contributed by atoms with Crippen LogP contribution in [0.25, 0.3) is 11.1 Å². The van der Waals surface area contributed by atoms with Crippen molar-refractivity contribution in [3.05, 3.63) is 45.7 Å². The van der Waals surface area contributed by atoms with Crippen molar-refractivity contribution in [2.45, 2.75) is 20.0 Å². The van der Waals surface area contributed by atoms with Crippen LogP contribution in [0.1, 0.15) is 27.0 Å². The number of aryl methyl sites for hydroxylation is 1. The molecule has 23 heavy (non-hydrogen) atoms. The lowest BCUT2D eigenvalue weighted by atomic mass is 10.2. The van der Waals surface area contributed by atoms with Crippen molar-refractivity contribution < 1.29 is 13.9 Å². The monoisotopic (exact) mass is 331 g/mol. The highest BCUT2D eigenvalue weighted by molar-refractivity contribution is 7.09. The van der Waals surface area contributed by atoms with Crippen LogP contribution in [0.2, 0.25) is 0 Å². The van der Waals surface area contributed by atoms with Crippen molar-refractivity contribution in [3.8, 4) is 0 Å². The number of carbonyl (C=O) groups excluding carboxylic acids is 1. The number of ether oxygens (including phenoxy) is 1. The fourth-order valence-electron chi connectivity index (χ4n) is 2.22. The summed E-state index contributed by atoms with van der Waals surface area (Å²) in [4.78, 5) is 20.7. The zero-order valence-electron chi connectivity index (χ0n) is 13.0. The van der Waals surface area contributed by atoms with Gasteiger partial charge in [-0.05, 0) is 18.6 Å². The van der Waals surface area contributed by atoms with Gasteiger partial charge in [-0.1, -0.05) is 12.1 Å². The van der Waals surface area contributed by atoms with E-state index >= 15 is 0 Å². The molecule has 3 rings (SSSR count). The average molecular weight is 331 g/mol. The lowest BCUT2D eigenvalue weighted by Gasteiger charge is -2.00. The molecule has 120 valence electrons. The maximum atomic E-state index is 12.0. The third-order valence-electron chi connectivity index (χ3n) is 3.34. The Labute approximate surface area is 137 Å². The Kier molecular flexibility index (Phi) is 4.68. The molecule has 3 aromatic rings. The van der Waals surface area contributed by atoms with Gasteiger partial charge in [-0.15, -0.1) is 11.3 Å². The summed E-state index contributed by atoms with van der Waals surface area (Å²) >= 11 is 1.41. The number of oxazole rings is 1. The Bertz CT molecular complexity index is 825. The number of amides is 1. The third-order valence-corrected chi connectivity index (χ3v) is 4.16. The lowest BCUT2D eigenvalue weighted by molar-refractivity contribution is 0.0948. The molecule has 0 saturated carbocycles. The largest absolute Gasteiger partial charge is 0.441 e. The second-order valence-electron chi connectivity index (χ2n) is 5.09. The van der Waals surface area contributed by atoms with E-state index in [9.17, 15) is 4.79 Å². The normalized spacial score (nSPS) is 11.0. The number of hydrogen-bond acceptors (Lipinski definition) is 6. The molecule has 0 aliphatic carbocycles. The van der Waals surface area contributed by atoms with Gasteiger partial charge in [-0.25, -0.2) is 9.97 Å². The Morgan fingerprint density at radius 1 is 1.39 bits per heavy atom. The number of benzene rings is 1. The first kappa shape index (κ1) is 15.6. The molecule has 2 aromatic heterocycles. The number of para-hydroxylation sites is 1. The molecule has 0 bridgehead atoms. The van der Waals surface area contributed by atoms with Crippen molar-refractivity contribution in [2.24, 2.45) is 0 Å². The number of rotatable bonds is 6. The van der Waals surface area contributed by atoms with Crippen molar-refractivity contribution in [1.29, 1.82) is 0 Å². The fourth-order valence-corrected chi connectivity index (χ4v) is 2.96. The van der Waals surface area contributed by atoms with Crippen molar-refractivity contribution in [2.75, 3.05) is 13.7 Å². The molecule has 7 heteroatoms. The summed E-state index contributed by atoms with van der Waals surface area (Å²) in [6, 6.07) is 5.83. The highest BCUT2D eigenvalue weighted by Gasteiger charge is 2.12. The first-order valence-electron chi connectivity index (χ1n) is 7.24. The molecular weight excluding hydrogens is 314 g/mol. The highest BCUT2D eigenvalue weighted by atomic mass is 32.1. The van der Waals surface area contributed by atoms with E-state index in [0.29, 0.717) is 31.2 Å². The van der Waals surface area contributed by atoms with Gasteiger partial charge in [-0.3, -0.25) is 4.79 Å². The molecular formula is C16H17N3O3S. The summed E-state index contributed by atoms with van der Waals surface area (Å²) in [7, 11) is 1.60. The lowest BCUT2D eigenvalue weighted by Crippen LogP contribution is -2.26. The van der Waals surface area contributed by atoms with E-state index in [4.69, 9.17) is 9.15 Å². The van der Waals surface area contributed by atoms with Gasteiger partial charge in [0.25, 0.3) is 5.91 Å². The summed E-state index contributed by atoms with van der Waals surface area (Å²) in [5.74, 6) is 0.420. The summed E-state index contributed by atoms with van der Waals surface area (Å²) in [5.41, 5.74) is 3.14. The maximum absolute atomic E-state index is 12.0. The average Bonchev–Trinajstić information content (AvgIpc) is 3.15. The Morgan fingerprint density at radius 2 is 2.26 bits per heavy atom. The van der Waals surface area contributed by atoms with Gasteiger partial charge in [0.2, 0.25) is 0 Å². The molecule has 1 amide bonds. The smallest absolute Gasteiger partial charge is 0.270 e. The SMILES string of the molecule is COCc1nc(C(=O)NCCc2nc3c(C)cccc3o2)cs1. The Hall–Kier alpha value is -2.25. The van der Waals surface area contributed by atoms with E-state index in [1.165, 1.54) is 11.3 Å². The summed E-state index contributed by atoms with van der Waals surface area (Å²) < 4.78 is 10.7. The van der Waals surface area contributed by atoms with Crippen molar-refractivity contribution in [1.82, 2.24) is 15.3 Å². The van der Waals surface area contributed by atoms with E-state index in [-0.39, 0.29) is 5.91 Å². The zero-order valence-corrected chi connectivity index (χ0v) is 13.8. The van der Waals surface area contributed by atoms with Gasteiger partial charge >= 0.3 is 0 Å². The summed E-state index contributed by atoms with van der Waals surface area (Å²) in [6.07, 6.45) is 0.537. The Balaban J connectivity index is 1.57. The van der Waals surface area contributed by atoms with Crippen LogP contribution in [-0.4, -0.2) is 29.5 Å². The molecule has 0 aliphatic rings. The van der Waals surface area contributed by atoms with Gasteiger partial charge in [0.1, 0.15) is 16.2 Å². The maximum Gasteiger partial charge on any atom is 0.270 e. The van der Waals surface area contributed by atoms with E-state index in [0.717, 1.165) is 21.7 Å². The number of thiazole rings is 1. The number of methoxy groups -OCH3 is 1. The third kappa shape index (κ3) is 3.57. The van der Waals surface area contributed by atoms with Crippen molar-refractivity contribution in [3.63, 3.8) is 0 Å². The molecule has 0 radical (unpaired) electrons. The minimum Gasteiger partial charge on any atom is -0.441 e. The van der Waals surface area contributed by atoms with Gasteiger partial charge < -0.3 is 14.5 Å². The minimum atomic E-state index is -0.198. The van der Waals surface area contributed by atoms with Gasteiger partial charge in [-0.2, -0.15) is 0 Å². The summed E-state index contributed by atoms with van der Waals surface area (Å²) in [6.45, 7) is 2.86. The van der Waals surface area contributed by atoms with Crippen LogP contribution in [0.3, 0.4) is 0 Å². The zero-order chi connectivity index (χ0) is 16.2. The van der Waals surface area contributed by atoms with E-state index in [1.807, 2.05) is 25.1 Å². The summed E-state index contributed by atoms with van der Waals surface area (Å²) in [5, 5.41) is 5.34. The second-order valence-corrected chi connectivity index (χ2v) is 6.04. The number of hydrogen-bond donors (Lipinski definition) is 1. The second kappa shape index (κ2) is 6.89. The number of aromatic nitrogens is 2. The van der Waals surface area contributed by atoms with E-state index < -0.39 is 0 Å². The standard InChI is InChI=1S/C16H17N3O3S/c1-10-4-3-5-12-15(10)19-13(22-12)6-7-17-16(20)11-9-23-14(18-11)8-21-2/h3-5,9H,6-8H2,1-2H3,(H,17,20). The molecule has 0 saturated heterocycles. The number of nitrogens with one attached hydrogen (secondary N) is 1. The van der Waals surface area contributed by atoms with Crippen molar-refractivity contribution >= 4 is 28.3 Å². The molecule has 1 N–H and O–H groups in total. The van der Waals surface area contributed by atoms with Crippen LogP contribution in [-0.2, 0) is 17.8 Å². The quantitative estimate of drug-likeness (QED) is 0.751. The van der Waals surface area contributed by atoms with Crippen LogP contribution >= 0.6 is 11.3 Å². The van der Waals surface area contributed by atoms with Crippen LogP contribution in [0.4, 0.5) is 0 Å². The molecule has 0 atom stereocenters. The van der Waals surface area contributed by atoms with Gasteiger partial charge in [0.05, 0.1) is 6.61 Å². The Morgan fingerprint density at radius 3 is 3.04 bits per heavy atom. The highest BCUT2D eigenvalue weighted by Crippen LogP contribution is 2.19. The van der Waals surface area contributed by atoms with E-state index in [1.54, 1.807) is 12.5 Å². The minimum absolute atomic E-state index is 0.198. The van der Waals surface area contributed by atoms with Crippen LogP contribution < -0.4 is 5.32 Å². The molecule has 1 aromatic carbocycles. The predicted octanol–water partition coefficient (Wildman–Crippen LogP) is 2.71. The van der Waals surface area contributed by atoms with Crippen LogP contribution in [0, 0.1) is 6.92 Å². The van der Waals surface area contributed by atoms with Crippen LogP contribution in [0.5, 0.6) is 0 Å². The molecule has 2 heterocycles. The first-order chi connectivity index (χ1) is 11.2. The number of fused-ring (bicyclic) bond motifs is 1. The molecule has 6 nitrogen and oxygen atoms in total. The van der Waals surface area contributed by atoms with E-state index in [2.05, 4.69) is 15.3 Å². The molecule has 0 unspecified atom stereocenters. The molecule has 0 spiro atoms. The van der Waals surface area contributed by atoms with Crippen LogP contribution in [0.15, 0.2) is 28.0 Å². The topological polar surface area (TPSA) is 77.2 Å².